The molecule has 0 aliphatic carbocycles. The summed E-state index contributed by atoms with van der Waals surface area (Å²) in [7, 11) is -4.08. The summed E-state index contributed by atoms with van der Waals surface area (Å²) < 4.78 is 15.1. The Morgan fingerprint density at radius 1 is 1.70 bits per heavy atom. The second-order valence-electron chi connectivity index (χ2n) is 2.18. The Hall–Kier alpha value is 0.0700. The number of hydrogen-bond donors (Lipinski definition) is 3. The van der Waals surface area contributed by atoms with Gasteiger partial charge in [-0.15, -0.1) is 0 Å². The van der Waals surface area contributed by atoms with Crippen LogP contribution in [-0.2, 0) is 9.30 Å². The second-order valence-corrected chi connectivity index (χ2v) is 3.52. The number of hydrogen-bond acceptors (Lipinski definition) is 2. The van der Waals surface area contributed by atoms with Gasteiger partial charge in [0.2, 0.25) is 0 Å². The summed E-state index contributed by atoms with van der Waals surface area (Å²) in [6, 6.07) is 0. The third-order valence-corrected chi connectivity index (χ3v) is 1.87. The van der Waals surface area contributed by atoms with E-state index in [2.05, 4.69) is 0 Å². The minimum Gasteiger partial charge on any atom is -0.353 e. The Labute approximate surface area is 58.6 Å². The number of rotatable bonds is 3. The molecule has 1 rings (SSSR count). The van der Waals surface area contributed by atoms with Crippen LogP contribution < -0.4 is 5.09 Å². The predicted octanol–water partition coefficient (Wildman–Crippen LogP) is -0.196. The molecule has 3 N–H and O–H groups in total. The molecule has 0 radical (unpaired) electrons. The fourth-order valence-electron chi connectivity index (χ4n) is 0.733. The van der Waals surface area contributed by atoms with Gasteiger partial charge in [0, 0.05) is 0 Å². The SMILES string of the molecule is CCC1OC1NP(=O)(O)O. The molecule has 1 fully saturated rings. The van der Waals surface area contributed by atoms with Crippen LogP contribution in [0.2, 0.25) is 0 Å². The summed E-state index contributed by atoms with van der Waals surface area (Å²) in [5.74, 6) is 0. The van der Waals surface area contributed by atoms with E-state index in [4.69, 9.17) is 14.5 Å². The van der Waals surface area contributed by atoms with Gasteiger partial charge in [-0.2, -0.15) is 5.09 Å². The summed E-state index contributed by atoms with van der Waals surface area (Å²) >= 11 is 0. The molecule has 5 nitrogen and oxygen atoms in total. The van der Waals surface area contributed by atoms with E-state index in [0.29, 0.717) is 0 Å². The van der Waals surface area contributed by atoms with Crippen molar-refractivity contribution in [1.29, 1.82) is 0 Å². The van der Waals surface area contributed by atoms with Crippen molar-refractivity contribution in [2.75, 3.05) is 0 Å². The number of epoxide rings is 1. The van der Waals surface area contributed by atoms with E-state index in [-0.39, 0.29) is 6.10 Å². The van der Waals surface area contributed by atoms with Gasteiger partial charge in [0.15, 0.2) is 0 Å². The minimum absolute atomic E-state index is 0.0207. The highest BCUT2D eigenvalue weighted by Gasteiger charge is 2.40. The largest absolute Gasteiger partial charge is 0.402 e. The molecule has 0 saturated carbocycles. The van der Waals surface area contributed by atoms with Gasteiger partial charge in [0.25, 0.3) is 0 Å². The zero-order valence-electron chi connectivity index (χ0n) is 5.52. The van der Waals surface area contributed by atoms with Crippen LogP contribution >= 0.6 is 7.75 Å². The maximum Gasteiger partial charge on any atom is 0.402 e. The second kappa shape index (κ2) is 2.60. The molecule has 1 aliphatic heterocycles. The van der Waals surface area contributed by atoms with Crippen molar-refractivity contribution in [3.63, 3.8) is 0 Å². The molecule has 0 aromatic rings. The average molecular weight is 167 g/mol. The van der Waals surface area contributed by atoms with Crippen molar-refractivity contribution in [3.8, 4) is 0 Å². The molecular formula is C4H10NO4P. The van der Waals surface area contributed by atoms with Gasteiger partial charge >= 0.3 is 7.75 Å². The highest BCUT2D eigenvalue weighted by molar-refractivity contribution is 7.49. The molecule has 0 amide bonds. The van der Waals surface area contributed by atoms with Crippen LogP contribution in [0.25, 0.3) is 0 Å². The quantitative estimate of drug-likeness (QED) is 0.400. The van der Waals surface area contributed by atoms with Crippen molar-refractivity contribution in [3.05, 3.63) is 0 Å². The van der Waals surface area contributed by atoms with E-state index in [1.165, 1.54) is 0 Å². The van der Waals surface area contributed by atoms with E-state index < -0.39 is 14.0 Å². The monoisotopic (exact) mass is 167 g/mol. The van der Waals surface area contributed by atoms with Crippen LogP contribution in [0.1, 0.15) is 13.3 Å². The van der Waals surface area contributed by atoms with Crippen LogP contribution in [0.3, 0.4) is 0 Å². The Kier molecular flexibility index (Phi) is 2.12. The molecule has 2 atom stereocenters. The molecule has 0 aromatic carbocycles. The Morgan fingerprint density at radius 2 is 2.30 bits per heavy atom. The number of nitrogens with one attached hydrogen (secondary N) is 1. The summed E-state index contributed by atoms with van der Waals surface area (Å²) in [5.41, 5.74) is 0. The van der Waals surface area contributed by atoms with Crippen molar-refractivity contribution in [1.82, 2.24) is 5.09 Å². The fraction of sp³-hybridized carbons (Fsp3) is 1.00. The van der Waals surface area contributed by atoms with Crippen molar-refractivity contribution in [2.45, 2.75) is 25.7 Å². The van der Waals surface area contributed by atoms with Crippen LogP contribution in [0.5, 0.6) is 0 Å². The Balaban J connectivity index is 2.24. The van der Waals surface area contributed by atoms with Gasteiger partial charge in [-0.1, -0.05) is 6.92 Å². The maximum atomic E-state index is 10.2. The van der Waals surface area contributed by atoms with Gasteiger partial charge < -0.3 is 14.5 Å². The first kappa shape index (κ1) is 8.17. The lowest BCUT2D eigenvalue weighted by atomic mass is 10.3. The van der Waals surface area contributed by atoms with E-state index >= 15 is 0 Å². The molecule has 1 aliphatic rings. The number of ether oxygens (including phenoxy) is 1. The predicted molar refractivity (Wildman–Crippen MR) is 34.1 cm³/mol. The van der Waals surface area contributed by atoms with Crippen molar-refractivity contribution < 1.29 is 19.1 Å². The highest BCUT2D eigenvalue weighted by atomic mass is 31.2. The van der Waals surface area contributed by atoms with Gasteiger partial charge in [-0.3, -0.25) is 0 Å². The molecule has 2 unspecified atom stereocenters. The van der Waals surface area contributed by atoms with Crippen LogP contribution in [0, 0.1) is 0 Å². The molecule has 10 heavy (non-hydrogen) atoms. The molecule has 6 heteroatoms. The molecule has 0 spiro atoms. The van der Waals surface area contributed by atoms with Crippen molar-refractivity contribution >= 4 is 7.75 Å². The molecule has 0 bridgehead atoms. The van der Waals surface area contributed by atoms with Gasteiger partial charge in [0.1, 0.15) is 6.23 Å². The first-order chi connectivity index (χ1) is 4.53. The Bertz CT molecular complexity index is 167. The van der Waals surface area contributed by atoms with Gasteiger partial charge in [0.05, 0.1) is 6.10 Å². The average Bonchev–Trinajstić information content (AvgIpc) is 2.42. The van der Waals surface area contributed by atoms with Gasteiger partial charge in [-0.05, 0) is 6.42 Å². The lowest BCUT2D eigenvalue weighted by molar-refractivity contribution is 0.321. The fourth-order valence-corrected chi connectivity index (χ4v) is 1.29. The van der Waals surface area contributed by atoms with E-state index in [1.807, 2.05) is 12.0 Å². The maximum absolute atomic E-state index is 10.2. The van der Waals surface area contributed by atoms with E-state index in [1.54, 1.807) is 0 Å². The topological polar surface area (TPSA) is 82.1 Å². The Morgan fingerprint density at radius 3 is 2.60 bits per heavy atom. The summed E-state index contributed by atoms with van der Waals surface area (Å²) in [5, 5.41) is 2.04. The van der Waals surface area contributed by atoms with Crippen LogP contribution in [0.15, 0.2) is 0 Å². The van der Waals surface area contributed by atoms with E-state index in [0.717, 1.165) is 6.42 Å². The first-order valence-corrected chi connectivity index (χ1v) is 4.63. The normalized spacial score (nSPS) is 32.3. The van der Waals surface area contributed by atoms with Gasteiger partial charge in [-0.25, -0.2) is 4.57 Å². The standard InChI is InChI=1S/C4H10NO4P/c1-2-3-4(9-3)5-10(6,7)8/h3-4H,2H2,1H3,(H3,5,6,7,8). The lowest BCUT2D eigenvalue weighted by Crippen LogP contribution is -2.15. The summed E-state index contributed by atoms with van der Waals surface area (Å²) in [6.07, 6.45) is 0.316. The van der Waals surface area contributed by atoms with Crippen LogP contribution in [0.4, 0.5) is 0 Å². The van der Waals surface area contributed by atoms with Crippen LogP contribution in [-0.4, -0.2) is 22.1 Å². The molecule has 1 saturated heterocycles. The molecular weight excluding hydrogens is 157 g/mol. The molecule has 60 valence electrons. The third kappa shape index (κ3) is 2.36. The summed E-state index contributed by atoms with van der Waals surface area (Å²) in [4.78, 5) is 16.7. The minimum atomic E-state index is -4.08. The molecule has 1 heterocycles. The lowest BCUT2D eigenvalue weighted by Gasteiger charge is -2.00. The first-order valence-electron chi connectivity index (χ1n) is 3.01. The third-order valence-electron chi connectivity index (χ3n) is 1.28. The van der Waals surface area contributed by atoms with Crippen molar-refractivity contribution in [2.24, 2.45) is 0 Å². The summed E-state index contributed by atoms with van der Waals surface area (Å²) in [6.45, 7) is 1.89. The van der Waals surface area contributed by atoms with E-state index in [9.17, 15) is 4.57 Å². The smallest absolute Gasteiger partial charge is 0.353 e. The zero-order chi connectivity index (χ0) is 7.78. The zero-order valence-corrected chi connectivity index (χ0v) is 6.41. The highest BCUT2D eigenvalue weighted by Crippen LogP contribution is 2.35. The molecule has 0 aromatic heterocycles.